The van der Waals surface area contributed by atoms with E-state index in [1.165, 1.54) is 5.56 Å². The van der Waals surface area contributed by atoms with Crippen LogP contribution in [0.2, 0.25) is 0 Å². The van der Waals surface area contributed by atoms with Crippen molar-refractivity contribution in [1.82, 2.24) is 10.4 Å². The molecule has 0 aliphatic carbocycles. The molecule has 4 heteroatoms. The molecule has 3 aromatic carbocycles. The number of likely N-dealkylation sites (tertiary alicyclic amines) is 1. The predicted octanol–water partition coefficient (Wildman–Crippen LogP) is 7.02. The third kappa shape index (κ3) is 5.98. The average Bonchev–Trinajstić information content (AvgIpc) is 3.35. The Labute approximate surface area is 226 Å². The quantitative estimate of drug-likeness (QED) is 0.300. The first-order valence-electron chi connectivity index (χ1n) is 13.4. The largest absolute Gasteiger partial charge is 0.339 e. The number of nitrogens with zero attached hydrogens (tertiary/aromatic N) is 1. The molecule has 1 saturated heterocycles. The molecule has 1 amide bonds. The summed E-state index contributed by atoms with van der Waals surface area (Å²) >= 11 is 0. The van der Waals surface area contributed by atoms with Gasteiger partial charge in [0.05, 0.1) is 5.70 Å². The number of allylic oxidation sites excluding steroid dienone is 2. The van der Waals surface area contributed by atoms with Gasteiger partial charge < -0.3 is 4.90 Å². The van der Waals surface area contributed by atoms with Gasteiger partial charge in [0.1, 0.15) is 5.60 Å². The van der Waals surface area contributed by atoms with Crippen molar-refractivity contribution >= 4 is 23.3 Å². The molecule has 1 spiro atoms. The second-order valence-electron chi connectivity index (χ2n) is 11.2. The van der Waals surface area contributed by atoms with Crippen LogP contribution in [0, 0.1) is 0 Å². The molecule has 194 valence electrons. The number of carbonyl (C=O) groups excluding carboxylic acids is 1. The van der Waals surface area contributed by atoms with Crippen LogP contribution in [0.15, 0.2) is 103 Å². The molecule has 38 heavy (non-hydrogen) atoms. The van der Waals surface area contributed by atoms with E-state index in [0.29, 0.717) is 13.1 Å². The lowest BCUT2D eigenvalue weighted by Gasteiger charge is -2.36. The van der Waals surface area contributed by atoms with Crippen molar-refractivity contribution in [1.29, 1.82) is 0 Å². The minimum atomic E-state index is -0.371. The fourth-order valence-corrected chi connectivity index (χ4v) is 4.96. The SMILES string of the molecule is CC(C)(C)c1ccc(C(C=Cc2ccccc2)=CC(=O)N2CCC3(C=C(c4ccccc4)NO3)CC2)cc1. The Morgan fingerprint density at radius 2 is 1.53 bits per heavy atom. The molecule has 1 fully saturated rings. The van der Waals surface area contributed by atoms with Crippen molar-refractivity contribution in [2.75, 3.05) is 13.1 Å². The molecular weight excluding hydrogens is 468 g/mol. The molecule has 3 aromatic rings. The summed E-state index contributed by atoms with van der Waals surface area (Å²) in [7, 11) is 0. The lowest BCUT2D eigenvalue weighted by atomic mass is 9.86. The summed E-state index contributed by atoms with van der Waals surface area (Å²) in [5.74, 6) is 0.0330. The average molecular weight is 505 g/mol. The van der Waals surface area contributed by atoms with Crippen LogP contribution in [0.5, 0.6) is 0 Å². The minimum Gasteiger partial charge on any atom is -0.339 e. The minimum absolute atomic E-state index is 0.0330. The van der Waals surface area contributed by atoms with Crippen molar-refractivity contribution in [2.45, 2.75) is 44.6 Å². The Bertz CT molecular complexity index is 1340. The molecule has 4 nitrogen and oxygen atoms in total. The number of hydrogen-bond donors (Lipinski definition) is 1. The molecule has 0 atom stereocenters. The van der Waals surface area contributed by atoms with Crippen molar-refractivity contribution in [2.24, 2.45) is 0 Å². The van der Waals surface area contributed by atoms with Gasteiger partial charge in [0.25, 0.3) is 0 Å². The van der Waals surface area contributed by atoms with Gasteiger partial charge in [-0.2, -0.15) is 0 Å². The van der Waals surface area contributed by atoms with E-state index in [0.717, 1.165) is 40.8 Å². The van der Waals surface area contributed by atoms with E-state index in [1.807, 2.05) is 47.4 Å². The third-order valence-electron chi connectivity index (χ3n) is 7.40. The highest BCUT2D eigenvalue weighted by molar-refractivity contribution is 5.98. The zero-order valence-corrected chi connectivity index (χ0v) is 22.5. The first-order valence-corrected chi connectivity index (χ1v) is 13.4. The van der Waals surface area contributed by atoms with E-state index < -0.39 is 0 Å². The monoisotopic (exact) mass is 504 g/mol. The molecule has 2 aliphatic heterocycles. The number of nitrogens with one attached hydrogen (secondary N) is 1. The number of hydrogen-bond acceptors (Lipinski definition) is 3. The molecule has 0 bridgehead atoms. The van der Waals surface area contributed by atoms with Gasteiger partial charge in [-0.15, -0.1) is 0 Å². The second-order valence-corrected chi connectivity index (χ2v) is 11.2. The van der Waals surface area contributed by atoms with Gasteiger partial charge in [-0.1, -0.05) is 118 Å². The molecule has 0 radical (unpaired) electrons. The van der Waals surface area contributed by atoms with Gasteiger partial charge in [-0.3, -0.25) is 15.1 Å². The van der Waals surface area contributed by atoms with E-state index in [9.17, 15) is 4.79 Å². The topological polar surface area (TPSA) is 41.6 Å². The van der Waals surface area contributed by atoms with Crippen LogP contribution in [0.4, 0.5) is 0 Å². The summed E-state index contributed by atoms with van der Waals surface area (Å²) in [4.78, 5) is 21.4. The lowest BCUT2D eigenvalue weighted by Crippen LogP contribution is -2.46. The van der Waals surface area contributed by atoms with Crippen LogP contribution in [0.1, 0.15) is 55.9 Å². The number of hydroxylamine groups is 1. The summed E-state index contributed by atoms with van der Waals surface area (Å²) in [6.07, 6.45) is 9.59. The van der Waals surface area contributed by atoms with Crippen molar-refractivity contribution < 1.29 is 9.63 Å². The van der Waals surface area contributed by atoms with Crippen LogP contribution in [-0.2, 0) is 15.0 Å². The highest BCUT2D eigenvalue weighted by Crippen LogP contribution is 2.35. The van der Waals surface area contributed by atoms with Crippen LogP contribution >= 0.6 is 0 Å². The van der Waals surface area contributed by atoms with Crippen molar-refractivity contribution in [3.05, 3.63) is 125 Å². The Balaban J connectivity index is 1.33. The Morgan fingerprint density at radius 3 is 2.16 bits per heavy atom. The standard InChI is InChI=1S/C34H36N2O2/c1-33(2,3)30-18-16-27(17-19-30)29(15-14-26-10-6-4-7-11-26)24-32(37)36-22-20-34(21-23-36)25-31(35-38-34)28-12-8-5-9-13-28/h4-19,24-25,35H,20-23H2,1-3H3. The molecule has 5 rings (SSSR count). The van der Waals surface area contributed by atoms with Gasteiger partial charge in [0, 0.05) is 32.0 Å². The fraction of sp³-hybridized carbons (Fsp3) is 0.265. The normalized spacial score (nSPS) is 17.5. The zero-order valence-electron chi connectivity index (χ0n) is 22.5. The number of piperidine rings is 1. The summed E-state index contributed by atoms with van der Waals surface area (Å²) in [5.41, 5.74) is 9.24. The predicted molar refractivity (Wildman–Crippen MR) is 156 cm³/mol. The second kappa shape index (κ2) is 10.8. The maximum absolute atomic E-state index is 13.5. The van der Waals surface area contributed by atoms with Crippen molar-refractivity contribution in [3.63, 3.8) is 0 Å². The van der Waals surface area contributed by atoms with Crippen LogP contribution < -0.4 is 5.48 Å². The van der Waals surface area contributed by atoms with Gasteiger partial charge in [0.2, 0.25) is 5.91 Å². The van der Waals surface area contributed by atoms with Gasteiger partial charge in [0.15, 0.2) is 0 Å². The van der Waals surface area contributed by atoms with E-state index in [1.54, 1.807) is 6.08 Å². The first-order chi connectivity index (χ1) is 18.3. The highest BCUT2D eigenvalue weighted by atomic mass is 16.7. The van der Waals surface area contributed by atoms with E-state index in [-0.39, 0.29) is 16.9 Å². The fourth-order valence-electron chi connectivity index (χ4n) is 4.96. The Kier molecular flexibility index (Phi) is 7.35. The molecule has 0 saturated carbocycles. The lowest BCUT2D eigenvalue weighted by molar-refractivity contribution is -0.131. The summed E-state index contributed by atoms with van der Waals surface area (Å²) in [6.45, 7) is 7.93. The number of benzene rings is 3. The molecule has 1 N–H and O–H groups in total. The van der Waals surface area contributed by atoms with Gasteiger partial charge in [-0.05, 0) is 39.3 Å². The van der Waals surface area contributed by atoms with E-state index >= 15 is 0 Å². The van der Waals surface area contributed by atoms with Crippen LogP contribution in [-0.4, -0.2) is 29.5 Å². The van der Waals surface area contributed by atoms with Gasteiger partial charge >= 0.3 is 0 Å². The highest BCUT2D eigenvalue weighted by Gasteiger charge is 2.39. The maximum Gasteiger partial charge on any atom is 0.247 e. The number of carbonyl (C=O) groups is 1. The molecule has 0 unspecified atom stereocenters. The van der Waals surface area contributed by atoms with E-state index in [4.69, 9.17) is 4.84 Å². The molecule has 0 aromatic heterocycles. The first kappa shape index (κ1) is 25.7. The Hall–Kier alpha value is -3.89. The number of rotatable bonds is 5. The summed E-state index contributed by atoms with van der Waals surface area (Å²) in [5, 5.41) is 0. The van der Waals surface area contributed by atoms with Crippen LogP contribution in [0.3, 0.4) is 0 Å². The van der Waals surface area contributed by atoms with Crippen molar-refractivity contribution in [3.8, 4) is 0 Å². The Morgan fingerprint density at radius 1 is 0.895 bits per heavy atom. The van der Waals surface area contributed by atoms with E-state index in [2.05, 4.69) is 86.9 Å². The van der Waals surface area contributed by atoms with Gasteiger partial charge in [-0.25, -0.2) is 0 Å². The van der Waals surface area contributed by atoms with Crippen LogP contribution in [0.25, 0.3) is 17.3 Å². The summed E-state index contributed by atoms with van der Waals surface area (Å²) in [6, 6.07) is 28.9. The zero-order chi connectivity index (χ0) is 26.6. The third-order valence-corrected chi connectivity index (χ3v) is 7.40. The molecule has 2 heterocycles. The molecule has 2 aliphatic rings. The smallest absolute Gasteiger partial charge is 0.247 e. The maximum atomic E-state index is 13.5. The number of amides is 1. The summed E-state index contributed by atoms with van der Waals surface area (Å²) < 4.78 is 0. The molecular formula is C34H36N2O2.